The number of benzene rings is 2. The van der Waals surface area contributed by atoms with Crippen LogP contribution in [-0.2, 0) is 32.9 Å². The molecular formula is C26H21F4N3O4S. The Labute approximate surface area is 218 Å². The average Bonchev–Trinajstić information content (AvgIpc) is 3.59. The number of hydrogen-bond donors (Lipinski definition) is 0. The molecule has 0 unspecified atom stereocenters. The van der Waals surface area contributed by atoms with Gasteiger partial charge < -0.3 is 9.64 Å². The van der Waals surface area contributed by atoms with Crippen LogP contribution in [0.2, 0.25) is 0 Å². The fraction of sp³-hybridized carbons (Fsp3) is 0.308. The Balaban J connectivity index is 1.39. The van der Waals surface area contributed by atoms with Crippen LogP contribution in [0, 0.1) is 5.82 Å². The molecule has 2 aromatic carbocycles. The zero-order chi connectivity index (χ0) is 27.2. The summed E-state index contributed by atoms with van der Waals surface area (Å²) < 4.78 is 59.6. The first-order valence-electron chi connectivity index (χ1n) is 11.7. The molecule has 0 radical (unpaired) electrons. The van der Waals surface area contributed by atoms with Crippen LogP contribution in [0.5, 0.6) is 0 Å². The molecule has 198 valence electrons. The van der Waals surface area contributed by atoms with Crippen molar-refractivity contribution in [3.8, 4) is 11.3 Å². The molecule has 1 fully saturated rings. The van der Waals surface area contributed by atoms with Gasteiger partial charge in [0.05, 0.1) is 11.2 Å². The van der Waals surface area contributed by atoms with E-state index in [9.17, 15) is 31.9 Å². The summed E-state index contributed by atoms with van der Waals surface area (Å²) in [6.45, 7) is -0.613. The highest BCUT2D eigenvalue weighted by Gasteiger charge is 2.58. The molecule has 5 rings (SSSR count). The second-order valence-electron chi connectivity index (χ2n) is 9.20. The lowest BCUT2D eigenvalue weighted by molar-refractivity contribution is -0.187. The van der Waals surface area contributed by atoms with Gasteiger partial charge in [-0.25, -0.2) is 19.1 Å². The van der Waals surface area contributed by atoms with Crippen molar-refractivity contribution >= 4 is 29.2 Å². The van der Waals surface area contributed by atoms with Gasteiger partial charge in [-0.1, -0.05) is 24.3 Å². The number of thiazole rings is 1. The highest BCUT2D eigenvalue weighted by molar-refractivity contribution is 7.07. The van der Waals surface area contributed by atoms with Crippen molar-refractivity contribution in [1.29, 1.82) is 0 Å². The summed E-state index contributed by atoms with van der Waals surface area (Å²) in [4.78, 5) is 44.7. The van der Waals surface area contributed by atoms with Crippen molar-refractivity contribution in [3.63, 3.8) is 0 Å². The second-order valence-corrected chi connectivity index (χ2v) is 9.92. The Bertz CT molecular complexity index is 1390. The molecule has 12 heteroatoms. The monoisotopic (exact) mass is 547 g/mol. The summed E-state index contributed by atoms with van der Waals surface area (Å²) >= 11 is 1.44. The Morgan fingerprint density at radius 3 is 2.61 bits per heavy atom. The second kappa shape index (κ2) is 9.50. The van der Waals surface area contributed by atoms with E-state index in [1.165, 1.54) is 23.5 Å². The highest BCUT2D eigenvalue weighted by atomic mass is 32.1. The smallest absolute Gasteiger partial charge is 0.418 e. The maximum absolute atomic E-state index is 13.6. The minimum atomic E-state index is -4.77. The Morgan fingerprint density at radius 2 is 1.95 bits per heavy atom. The number of amides is 3. The number of ether oxygens (including phenoxy) is 1. The molecule has 2 heterocycles. The van der Waals surface area contributed by atoms with Crippen LogP contribution >= 0.6 is 11.3 Å². The van der Waals surface area contributed by atoms with Crippen molar-refractivity contribution in [2.24, 2.45) is 0 Å². The molecule has 3 amide bonds. The van der Waals surface area contributed by atoms with E-state index in [1.54, 1.807) is 17.6 Å². The first-order valence-corrected chi connectivity index (χ1v) is 12.6. The van der Waals surface area contributed by atoms with Crippen molar-refractivity contribution in [1.82, 2.24) is 14.8 Å². The van der Waals surface area contributed by atoms with Crippen LogP contribution in [0.15, 0.2) is 53.4 Å². The minimum Gasteiger partial charge on any atom is -0.427 e. The largest absolute Gasteiger partial charge is 0.427 e. The lowest BCUT2D eigenvalue weighted by atomic mass is 9.93. The van der Waals surface area contributed by atoms with Crippen molar-refractivity contribution in [2.75, 3.05) is 6.54 Å². The number of aromatic nitrogens is 1. The number of carbonyl (C=O) groups is 3. The molecule has 0 N–H and O–H groups in total. The maximum atomic E-state index is 13.6. The quantitative estimate of drug-likeness (QED) is 0.404. The van der Waals surface area contributed by atoms with E-state index in [4.69, 9.17) is 4.74 Å². The maximum Gasteiger partial charge on any atom is 0.418 e. The summed E-state index contributed by atoms with van der Waals surface area (Å²) in [6, 6.07) is 7.74. The molecule has 3 aromatic rings. The molecule has 7 nitrogen and oxygen atoms in total. The van der Waals surface area contributed by atoms with Crippen LogP contribution in [0.25, 0.3) is 11.3 Å². The SMILES string of the molecule is C[C@H](N(Cc1ccc(F)cc1)C(=O)CN1C(=O)O[C@@]2(CCc3cc(-c4cscn4)ccc32)C1=O)C(F)(F)F. The summed E-state index contributed by atoms with van der Waals surface area (Å²) in [5.74, 6) is -2.47. The van der Waals surface area contributed by atoms with Gasteiger partial charge in [0.15, 0.2) is 0 Å². The molecule has 1 aromatic heterocycles. The van der Waals surface area contributed by atoms with Gasteiger partial charge in [0, 0.05) is 29.5 Å². The van der Waals surface area contributed by atoms with Gasteiger partial charge in [-0.15, -0.1) is 11.3 Å². The van der Waals surface area contributed by atoms with Crippen LogP contribution < -0.4 is 0 Å². The topological polar surface area (TPSA) is 79.8 Å². The van der Waals surface area contributed by atoms with Gasteiger partial charge in [0.1, 0.15) is 18.4 Å². The van der Waals surface area contributed by atoms with Crippen LogP contribution in [0.1, 0.15) is 30.0 Å². The lowest BCUT2D eigenvalue weighted by Crippen LogP contribution is -2.51. The Morgan fingerprint density at radius 1 is 1.21 bits per heavy atom. The summed E-state index contributed by atoms with van der Waals surface area (Å²) in [7, 11) is 0. The first kappa shape index (κ1) is 25.8. The first-order chi connectivity index (χ1) is 18.0. The number of fused-ring (bicyclic) bond motifs is 2. The number of nitrogens with zero attached hydrogens (tertiary/aromatic N) is 3. The van der Waals surface area contributed by atoms with E-state index in [-0.39, 0.29) is 12.0 Å². The molecule has 0 saturated carbocycles. The van der Waals surface area contributed by atoms with E-state index >= 15 is 0 Å². The van der Waals surface area contributed by atoms with Crippen LogP contribution in [-0.4, -0.2) is 51.5 Å². The van der Waals surface area contributed by atoms with Gasteiger partial charge in [0.25, 0.3) is 5.91 Å². The third-order valence-electron chi connectivity index (χ3n) is 6.91. The van der Waals surface area contributed by atoms with Crippen LogP contribution in [0.4, 0.5) is 22.4 Å². The standard InChI is InChI=1S/C26H21F4N3O4S/c1-15(26(28,29)30)32(11-16-2-5-19(27)6-3-16)22(34)12-33-23(35)25(37-24(33)36)9-8-17-10-18(4-7-20(17)25)21-13-38-14-31-21/h2-7,10,13-15H,8-9,11-12H2,1H3/t15-,25+/m0/s1. The molecule has 1 spiro atoms. The van der Waals surface area contributed by atoms with Gasteiger partial charge in [-0.05, 0) is 42.7 Å². The molecular weight excluding hydrogens is 526 g/mol. The number of alkyl halides is 3. The number of rotatable bonds is 6. The third kappa shape index (κ3) is 4.53. The van der Waals surface area contributed by atoms with Gasteiger partial charge in [0.2, 0.25) is 11.5 Å². The van der Waals surface area contributed by atoms with Crippen molar-refractivity contribution < 1.29 is 36.7 Å². The zero-order valence-corrected chi connectivity index (χ0v) is 20.8. The van der Waals surface area contributed by atoms with E-state index in [1.807, 2.05) is 11.4 Å². The molecule has 0 bridgehead atoms. The molecule has 1 aliphatic heterocycles. The minimum absolute atomic E-state index is 0.149. The zero-order valence-electron chi connectivity index (χ0n) is 20.0. The highest BCUT2D eigenvalue weighted by Crippen LogP contribution is 2.46. The lowest BCUT2D eigenvalue weighted by Gasteiger charge is -2.31. The van der Waals surface area contributed by atoms with E-state index in [0.717, 1.165) is 35.9 Å². The third-order valence-corrected chi connectivity index (χ3v) is 7.49. The Hall–Kier alpha value is -3.80. The molecule has 2 aliphatic rings. The molecule has 38 heavy (non-hydrogen) atoms. The molecule has 1 saturated heterocycles. The van der Waals surface area contributed by atoms with Crippen molar-refractivity contribution in [2.45, 2.75) is 44.1 Å². The van der Waals surface area contributed by atoms with Crippen molar-refractivity contribution in [3.05, 3.63) is 75.9 Å². The number of aryl methyl sites for hydroxylation is 1. The summed E-state index contributed by atoms with van der Waals surface area (Å²) in [6.07, 6.45) is -5.29. The fourth-order valence-corrected chi connectivity index (χ4v) is 5.36. The van der Waals surface area contributed by atoms with Gasteiger partial charge in [-0.2, -0.15) is 13.2 Å². The van der Waals surface area contributed by atoms with Crippen LogP contribution in [0.3, 0.4) is 0 Å². The predicted octanol–water partition coefficient (Wildman–Crippen LogP) is 5.05. The fourth-order valence-electron chi connectivity index (χ4n) is 4.80. The molecule has 2 atom stereocenters. The average molecular weight is 548 g/mol. The predicted molar refractivity (Wildman–Crippen MR) is 128 cm³/mol. The van der Waals surface area contributed by atoms with Gasteiger partial charge >= 0.3 is 12.3 Å². The summed E-state index contributed by atoms with van der Waals surface area (Å²) in [5, 5.41) is 1.88. The number of carbonyl (C=O) groups excluding carboxylic acids is 3. The number of hydrogen-bond acceptors (Lipinski definition) is 6. The van der Waals surface area contributed by atoms with E-state index < -0.39 is 54.6 Å². The summed E-state index contributed by atoms with van der Waals surface area (Å²) in [5.41, 5.74) is 3.18. The van der Waals surface area contributed by atoms with E-state index in [2.05, 4.69) is 4.98 Å². The number of halogens is 4. The Kier molecular flexibility index (Phi) is 6.46. The molecule has 1 aliphatic carbocycles. The van der Waals surface area contributed by atoms with Gasteiger partial charge in [-0.3, -0.25) is 9.59 Å². The number of imide groups is 1. The van der Waals surface area contributed by atoms with E-state index in [0.29, 0.717) is 21.8 Å². The normalized spacial score (nSPS) is 19.6.